The van der Waals surface area contributed by atoms with Gasteiger partial charge in [-0.05, 0) is 29.7 Å². The third kappa shape index (κ3) is 5.05. The van der Waals surface area contributed by atoms with E-state index in [0.717, 1.165) is 39.6 Å². The summed E-state index contributed by atoms with van der Waals surface area (Å²) in [4.78, 5) is 12.5. The standard InChI is InChI=1S/C22H16ClF3N4OS/c23-17-11-16(22(24,25)26)12-30-20(17)28-29-21(30)32-13-19(31)27-18-9-5-4-8-15(18)10-14-6-2-1-3-7-14/h1-9,11-12H,10,13H2,(H,27,31). The number of thioether (sulfide) groups is 1. The molecular weight excluding hydrogens is 461 g/mol. The van der Waals surface area contributed by atoms with Crippen LogP contribution in [-0.4, -0.2) is 26.3 Å². The lowest BCUT2D eigenvalue weighted by molar-refractivity contribution is -0.137. The van der Waals surface area contributed by atoms with Crippen molar-refractivity contribution in [2.45, 2.75) is 17.8 Å². The van der Waals surface area contributed by atoms with Crippen LogP contribution in [0.1, 0.15) is 16.7 Å². The lowest BCUT2D eigenvalue weighted by Crippen LogP contribution is -2.15. The maximum atomic E-state index is 13.1. The molecule has 0 aliphatic rings. The Balaban J connectivity index is 1.47. The number of alkyl halides is 3. The Morgan fingerprint density at radius 3 is 2.53 bits per heavy atom. The van der Waals surface area contributed by atoms with Gasteiger partial charge in [-0.1, -0.05) is 71.9 Å². The molecule has 4 rings (SSSR count). The monoisotopic (exact) mass is 476 g/mol. The molecule has 0 saturated heterocycles. The van der Waals surface area contributed by atoms with E-state index in [1.165, 1.54) is 0 Å². The molecule has 0 atom stereocenters. The molecule has 4 aromatic rings. The molecule has 0 aliphatic carbocycles. The van der Waals surface area contributed by atoms with Crippen molar-refractivity contribution >= 4 is 40.6 Å². The summed E-state index contributed by atoms with van der Waals surface area (Å²) >= 11 is 6.90. The van der Waals surface area contributed by atoms with Crippen LogP contribution >= 0.6 is 23.4 Å². The zero-order valence-corrected chi connectivity index (χ0v) is 18.0. The van der Waals surface area contributed by atoms with Crippen molar-refractivity contribution in [2.24, 2.45) is 0 Å². The third-order valence-electron chi connectivity index (χ3n) is 4.62. The van der Waals surface area contributed by atoms with Gasteiger partial charge in [0.15, 0.2) is 10.8 Å². The van der Waals surface area contributed by atoms with Gasteiger partial charge in [0.25, 0.3) is 0 Å². The molecule has 0 fully saturated rings. The number of anilines is 1. The molecule has 0 bridgehead atoms. The number of aromatic nitrogens is 3. The minimum absolute atomic E-state index is 0.0612. The van der Waals surface area contributed by atoms with Crippen LogP contribution in [-0.2, 0) is 17.4 Å². The number of carbonyl (C=O) groups is 1. The number of carbonyl (C=O) groups excluding carboxylic acids is 1. The molecule has 0 unspecified atom stereocenters. The largest absolute Gasteiger partial charge is 0.417 e. The molecule has 1 N–H and O–H groups in total. The summed E-state index contributed by atoms with van der Waals surface area (Å²) < 4.78 is 40.4. The fraction of sp³-hybridized carbons (Fsp3) is 0.136. The lowest BCUT2D eigenvalue weighted by atomic mass is 10.0. The molecule has 2 aromatic carbocycles. The second kappa shape index (κ2) is 9.22. The fourth-order valence-corrected chi connectivity index (χ4v) is 4.07. The van der Waals surface area contributed by atoms with Gasteiger partial charge >= 0.3 is 6.18 Å². The van der Waals surface area contributed by atoms with Gasteiger partial charge in [-0.2, -0.15) is 13.2 Å². The molecule has 2 heterocycles. The van der Waals surface area contributed by atoms with Crippen molar-refractivity contribution in [3.05, 3.63) is 88.6 Å². The van der Waals surface area contributed by atoms with E-state index in [9.17, 15) is 18.0 Å². The van der Waals surface area contributed by atoms with Crippen LogP contribution in [0, 0.1) is 0 Å². The first-order valence-electron chi connectivity index (χ1n) is 9.47. The SMILES string of the molecule is O=C(CSc1nnc2c(Cl)cc(C(F)(F)F)cn12)Nc1ccccc1Cc1ccccc1. The highest BCUT2D eigenvalue weighted by molar-refractivity contribution is 7.99. The average Bonchev–Trinajstić information content (AvgIpc) is 3.17. The van der Waals surface area contributed by atoms with Gasteiger partial charge in [0.2, 0.25) is 5.91 Å². The Morgan fingerprint density at radius 1 is 1.06 bits per heavy atom. The Kier molecular flexibility index (Phi) is 6.38. The zero-order chi connectivity index (χ0) is 22.7. The Morgan fingerprint density at radius 2 is 1.78 bits per heavy atom. The van der Waals surface area contributed by atoms with Gasteiger partial charge in [-0.15, -0.1) is 10.2 Å². The third-order valence-corrected chi connectivity index (χ3v) is 5.84. The number of hydrogen-bond acceptors (Lipinski definition) is 4. The maximum absolute atomic E-state index is 13.1. The highest BCUT2D eigenvalue weighted by Gasteiger charge is 2.32. The lowest BCUT2D eigenvalue weighted by Gasteiger charge is -2.11. The van der Waals surface area contributed by atoms with Crippen molar-refractivity contribution in [3.8, 4) is 0 Å². The van der Waals surface area contributed by atoms with Crippen LogP contribution in [0.2, 0.25) is 5.02 Å². The number of halogens is 4. The van der Waals surface area contributed by atoms with Crippen LogP contribution < -0.4 is 5.32 Å². The van der Waals surface area contributed by atoms with Crippen molar-refractivity contribution in [2.75, 3.05) is 11.1 Å². The fourth-order valence-electron chi connectivity index (χ4n) is 3.12. The van der Waals surface area contributed by atoms with Gasteiger partial charge in [-0.25, -0.2) is 0 Å². The smallest absolute Gasteiger partial charge is 0.325 e. The molecule has 0 spiro atoms. The number of pyridine rings is 1. The molecule has 10 heteroatoms. The van der Waals surface area contributed by atoms with Crippen molar-refractivity contribution < 1.29 is 18.0 Å². The number of nitrogens with zero attached hydrogens (tertiary/aromatic N) is 3. The summed E-state index contributed by atoms with van der Waals surface area (Å²) in [5.74, 6) is -0.376. The van der Waals surface area contributed by atoms with Crippen molar-refractivity contribution in [1.29, 1.82) is 0 Å². The number of nitrogens with one attached hydrogen (secondary N) is 1. The summed E-state index contributed by atoms with van der Waals surface area (Å²) in [5, 5.41) is 10.5. The van der Waals surface area contributed by atoms with Crippen molar-refractivity contribution in [3.63, 3.8) is 0 Å². The van der Waals surface area contributed by atoms with Gasteiger partial charge in [0, 0.05) is 11.9 Å². The van der Waals surface area contributed by atoms with Crippen LogP contribution in [0.4, 0.5) is 18.9 Å². The van der Waals surface area contributed by atoms with E-state index >= 15 is 0 Å². The van der Waals surface area contributed by atoms with E-state index in [1.54, 1.807) is 0 Å². The Bertz CT molecular complexity index is 1260. The summed E-state index contributed by atoms with van der Waals surface area (Å²) in [6.45, 7) is 0. The highest BCUT2D eigenvalue weighted by atomic mass is 35.5. The van der Waals surface area contributed by atoms with E-state index < -0.39 is 11.7 Å². The quantitative estimate of drug-likeness (QED) is 0.361. The summed E-state index contributed by atoms with van der Waals surface area (Å²) in [7, 11) is 0. The minimum atomic E-state index is -4.57. The zero-order valence-electron chi connectivity index (χ0n) is 16.4. The van der Waals surface area contributed by atoms with Gasteiger partial charge in [-0.3, -0.25) is 9.20 Å². The van der Waals surface area contributed by atoms with E-state index in [1.807, 2.05) is 54.6 Å². The predicted octanol–water partition coefficient (Wildman–Crippen LogP) is 5.72. The van der Waals surface area contributed by atoms with Crippen molar-refractivity contribution in [1.82, 2.24) is 14.6 Å². The van der Waals surface area contributed by atoms with Gasteiger partial charge < -0.3 is 5.32 Å². The first kappa shape index (κ1) is 22.2. The van der Waals surface area contributed by atoms with Crippen LogP contribution in [0.3, 0.4) is 0 Å². The molecular formula is C22H16ClF3N4OS. The van der Waals surface area contributed by atoms with E-state index in [4.69, 9.17) is 11.6 Å². The average molecular weight is 477 g/mol. The molecule has 2 aromatic heterocycles. The van der Waals surface area contributed by atoms with Gasteiger partial charge in [0.1, 0.15) is 0 Å². The normalized spacial score (nSPS) is 11.6. The summed E-state index contributed by atoms with van der Waals surface area (Å²) in [6, 6.07) is 18.1. The molecule has 164 valence electrons. The van der Waals surface area contributed by atoms with Crippen LogP contribution in [0.25, 0.3) is 5.65 Å². The number of benzene rings is 2. The maximum Gasteiger partial charge on any atom is 0.417 e. The minimum Gasteiger partial charge on any atom is -0.325 e. The number of fused-ring (bicyclic) bond motifs is 1. The first-order valence-corrected chi connectivity index (χ1v) is 10.8. The van der Waals surface area contributed by atoms with E-state index in [2.05, 4.69) is 15.5 Å². The van der Waals surface area contributed by atoms with E-state index in [-0.39, 0.29) is 27.5 Å². The number of para-hydroxylation sites is 1. The second-order valence-corrected chi connectivity index (χ2v) is 8.26. The summed E-state index contributed by atoms with van der Waals surface area (Å²) in [5.41, 5.74) is 1.91. The highest BCUT2D eigenvalue weighted by Crippen LogP contribution is 2.33. The molecule has 32 heavy (non-hydrogen) atoms. The molecule has 1 amide bonds. The van der Waals surface area contributed by atoms with Crippen LogP contribution in [0.15, 0.2) is 72.0 Å². The summed E-state index contributed by atoms with van der Waals surface area (Å²) in [6.07, 6.45) is -3.04. The van der Waals surface area contributed by atoms with Gasteiger partial charge in [0.05, 0.1) is 16.3 Å². The van der Waals surface area contributed by atoms with Crippen LogP contribution in [0.5, 0.6) is 0 Å². The topological polar surface area (TPSA) is 59.3 Å². The number of amides is 1. The predicted molar refractivity (Wildman–Crippen MR) is 118 cm³/mol. The molecule has 0 aliphatic heterocycles. The molecule has 5 nitrogen and oxygen atoms in total. The Hall–Kier alpha value is -3.04. The Labute approximate surface area is 190 Å². The first-order chi connectivity index (χ1) is 15.3. The number of rotatable bonds is 6. The number of hydrogen-bond donors (Lipinski definition) is 1. The molecule has 0 saturated carbocycles. The van der Waals surface area contributed by atoms with E-state index in [0.29, 0.717) is 12.1 Å². The second-order valence-electron chi connectivity index (χ2n) is 6.91. The molecule has 0 radical (unpaired) electrons.